The van der Waals surface area contributed by atoms with Crippen molar-refractivity contribution in [2.45, 2.75) is 25.4 Å². The molecule has 4 aromatic carbocycles. The minimum atomic E-state index is -0.236. The maximum Gasteiger partial charge on any atom is 0.260 e. The molecule has 0 bridgehead atoms. The first-order chi connectivity index (χ1) is 18.0. The molecular formula is C30H27BrN2O3S. The highest BCUT2D eigenvalue weighted by atomic mass is 79.9. The number of hydrogen-bond acceptors (Lipinski definition) is 5. The van der Waals surface area contributed by atoms with Gasteiger partial charge >= 0.3 is 0 Å². The Balaban J connectivity index is 1.31. The number of nitrogens with one attached hydrogen (secondary N) is 2. The van der Waals surface area contributed by atoms with Gasteiger partial charge in [0, 0.05) is 5.69 Å². The molecule has 37 heavy (non-hydrogen) atoms. The Morgan fingerprint density at radius 1 is 1.05 bits per heavy atom. The van der Waals surface area contributed by atoms with E-state index in [9.17, 15) is 4.79 Å². The van der Waals surface area contributed by atoms with Crippen LogP contribution in [0.2, 0.25) is 0 Å². The summed E-state index contributed by atoms with van der Waals surface area (Å²) in [6.07, 6.45) is 2.86. The first kappa shape index (κ1) is 25.2. The fourth-order valence-electron chi connectivity index (χ4n) is 4.24. The summed E-state index contributed by atoms with van der Waals surface area (Å²) < 4.78 is 12.6. The average Bonchev–Trinajstić information content (AvgIpc) is 3.26. The zero-order chi connectivity index (χ0) is 25.8. The molecule has 0 unspecified atom stereocenters. The standard InChI is InChI=1S/C30H27BrN2O3S/c1-3-19-11-13-23(14-12-19)32-30-33-29(34)27(37-30)17-20-15-25(31)28(26(16-20)35-2)36-18-22-9-6-8-21-7-4-5-10-24(21)22/h4-17,30,32H,3,18H2,1-2H3,(H,33,34)/b27-17+/t30-/m1/s1. The minimum Gasteiger partial charge on any atom is -0.493 e. The number of carbonyl (C=O) groups excluding carboxylic acids is 1. The number of ether oxygens (including phenoxy) is 2. The van der Waals surface area contributed by atoms with E-state index in [4.69, 9.17) is 9.47 Å². The third-order valence-electron chi connectivity index (χ3n) is 6.19. The van der Waals surface area contributed by atoms with Gasteiger partial charge in [-0.2, -0.15) is 0 Å². The molecule has 188 valence electrons. The van der Waals surface area contributed by atoms with E-state index in [1.54, 1.807) is 7.11 Å². The van der Waals surface area contributed by atoms with Crippen molar-refractivity contribution in [1.82, 2.24) is 5.32 Å². The summed E-state index contributed by atoms with van der Waals surface area (Å²) in [7, 11) is 1.62. The summed E-state index contributed by atoms with van der Waals surface area (Å²) in [6, 6.07) is 26.5. The van der Waals surface area contributed by atoms with E-state index in [1.807, 2.05) is 48.5 Å². The molecule has 0 radical (unpaired) electrons. The van der Waals surface area contributed by atoms with Crippen LogP contribution in [0.5, 0.6) is 11.5 Å². The van der Waals surface area contributed by atoms with Gasteiger partial charge in [-0.15, -0.1) is 0 Å². The highest BCUT2D eigenvalue weighted by Crippen LogP contribution is 2.39. The van der Waals surface area contributed by atoms with Crippen LogP contribution in [0.1, 0.15) is 23.6 Å². The predicted octanol–water partition coefficient (Wildman–Crippen LogP) is 7.35. The van der Waals surface area contributed by atoms with E-state index < -0.39 is 0 Å². The number of anilines is 1. The Kier molecular flexibility index (Phi) is 7.72. The zero-order valence-electron chi connectivity index (χ0n) is 20.6. The van der Waals surface area contributed by atoms with Crippen molar-refractivity contribution in [3.8, 4) is 11.5 Å². The Morgan fingerprint density at radius 3 is 2.62 bits per heavy atom. The molecule has 7 heteroatoms. The van der Waals surface area contributed by atoms with Crippen LogP contribution in [-0.2, 0) is 17.8 Å². The lowest BCUT2D eigenvalue weighted by molar-refractivity contribution is -0.116. The van der Waals surface area contributed by atoms with Crippen molar-refractivity contribution < 1.29 is 14.3 Å². The van der Waals surface area contributed by atoms with Crippen molar-refractivity contribution in [3.63, 3.8) is 0 Å². The Labute approximate surface area is 229 Å². The number of carbonyl (C=O) groups is 1. The molecule has 1 aliphatic heterocycles. The molecule has 0 spiro atoms. The SMILES string of the molecule is CCc1ccc(N[C@@H]2NC(=O)/C(=C\c3cc(Br)c(OCc4cccc5ccccc45)c(OC)c3)S2)cc1. The molecule has 1 aliphatic rings. The third kappa shape index (κ3) is 5.78. The summed E-state index contributed by atoms with van der Waals surface area (Å²) >= 11 is 5.09. The fourth-order valence-corrected chi connectivity index (χ4v) is 5.80. The lowest BCUT2D eigenvalue weighted by atomic mass is 10.1. The van der Waals surface area contributed by atoms with Gasteiger partial charge in [0.25, 0.3) is 5.91 Å². The smallest absolute Gasteiger partial charge is 0.260 e. The first-order valence-electron chi connectivity index (χ1n) is 12.1. The zero-order valence-corrected chi connectivity index (χ0v) is 23.0. The van der Waals surface area contributed by atoms with E-state index in [1.165, 1.54) is 22.7 Å². The molecular weight excluding hydrogens is 548 g/mol. The number of thioether (sulfide) groups is 1. The van der Waals surface area contributed by atoms with Crippen LogP contribution in [0, 0.1) is 0 Å². The van der Waals surface area contributed by atoms with E-state index in [2.05, 4.69) is 69.9 Å². The average molecular weight is 576 g/mol. The normalized spacial score (nSPS) is 16.1. The third-order valence-corrected chi connectivity index (χ3v) is 7.81. The molecule has 1 amide bonds. The fraction of sp³-hybridized carbons (Fsp3) is 0.167. The number of hydrogen-bond donors (Lipinski definition) is 2. The van der Waals surface area contributed by atoms with Gasteiger partial charge in [-0.05, 0) is 80.2 Å². The van der Waals surface area contributed by atoms with Crippen LogP contribution in [0.4, 0.5) is 5.69 Å². The maximum absolute atomic E-state index is 12.6. The second-order valence-corrected chi connectivity index (χ2v) is 10.6. The molecule has 4 aromatic rings. The van der Waals surface area contributed by atoms with Crippen molar-refractivity contribution in [2.75, 3.05) is 12.4 Å². The molecule has 1 heterocycles. The molecule has 1 saturated heterocycles. The van der Waals surface area contributed by atoms with Crippen LogP contribution >= 0.6 is 27.7 Å². The maximum atomic E-state index is 12.6. The lowest BCUT2D eigenvalue weighted by Crippen LogP contribution is -2.30. The van der Waals surface area contributed by atoms with Gasteiger partial charge in [-0.3, -0.25) is 4.79 Å². The molecule has 5 rings (SSSR count). The van der Waals surface area contributed by atoms with Crippen LogP contribution in [-0.4, -0.2) is 18.5 Å². The molecule has 0 aromatic heterocycles. The van der Waals surface area contributed by atoms with Crippen molar-refractivity contribution >= 4 is 56.1 Å². The second-order valence-electron chi connectivity index (χ2n) is 8.64. The van der Waals surface area contributed by atoms with E-state index in [0.717, 1.165) is 33.1 Å². The van der Waals surface area contributed by atoms with Gasteiger partial charge in [-0.1, -0.05) is 73.3 Å². The van der Waals surface area contributed by atoms with Gasteiger partial charge in [-0.25, -0.2) is 0 Å². The molecule has 5 nitrogen and oxygen atoms in total. The van der Waals surface area contributed by atoms with Crippen LogP contribution in [0.25, 0.3) is 16.8 Å². The summed E-state index contributed by atoms with van der Waals surface area (Å²) in [6.45, 7) is 2.53. The van der Waals surface area contributed by atoms with Gasteiger partial charge < -0.3 is 20.1 Å². The number of aryl methyl sites for hydroxylation is 1. The van der Waals surface area contributed by atoms with Gasteiger partial charge in [0.1, 0.15) is 6.61 Å². The quantitative estimate of drug-likeness (QED) is 0.215. The number of methoxy groups -OCH3 is 1. The van der Waals surface area contributed by atoms with Crippen LogP contribution < -0.4 is 20.1 Å². The van der Waals surface area contributed by atoms with Crippen molar-refractivity contribution in [3.05, 3.63) is 105 Å². The molecule has 0 saturated carbocycles. The lowest BCUT2D eigenvalue weighted by Gasteiger charge is -2.15. The molecule has 1 fully saturated rings. The Bertz CT molecular complexity index is 1460. The second kappa shape index (κ2) is 11.3. The summed E-state index contributed by atoms with van der Waals surface area (Å²) in [5.41, 5.74) is 3.94. The van der Waals surface area contributed by atoms with Gasteiger partial charge in [0.05, 0.1) is 16.5 Å². The number of benzene rings is 4. The number of rotatable bonds is 8. The van der Waals surface area contributed by atoms with E-state index >= 15 is 0 Å². The van der Waals surface area contributed by atoms with Gasteiger partial charge in [0.15, 0.2) is 17.0 Å². The number of fused-ring (bicyclic) bond motifs is 1. The monoisotopic (exact) mass is 574 g/mol. The number of amides is 1. The highest BCUT2D eigenvalue weighted by Gasteiger charge is 2.27. The van der Waals surface area contributed by atoms with Crippen LogP contribution in [0.3, 0.4) is 0 Å². The van der Waals surface area contributed by atoms with E-state index in [-0.39, 0.29) is 11.4 Å². The van der Waals surface area contributed by atoms with Gasteiger partial charge in [0.2, 0.25) is 0 Å². The predicted molar refractivity (Wildman–Crippen MR) is 156 cm³/mol. The topological polar surface area (TPSA) is 59.6 Å². The Hall–Kier alpha value is -3.42. The summed E-state index contributed by atoms with van der Waals surface area (Å²) in [5.74, 6) is 1.10. The largest absolute Gasteiger partial charge is 0.493 e. The molecule has 0 aliphatic carbocycles. The molecule has 2 N–H and O–H groups in total. The van der Waals surface area contributed by atoms with Crippen molar-refractivity contribution in [1.29, 1.82) is 0 Å². The first-order valence-corrected chi connectivity index (χ1v) is 13.7. The number of halogens is 1. The Morgan fingerprint density at radius 2 is 1.84 bits per heavy atom. The van der Waals surface area contributed by atoms with E-state index in [0.29, 0.717) is 23.0 Å². The highest BCUT2D eigenvalue weighted by molar-refractivity contribution is 9.10. The summed E-state index contributed by atoms with van der Waals surface area (Å²) in [4.78, 5) is 13.3. The van der Waals surface area contributed by atoms with Crippen molar-refractivity contribution in [2.24, 2.45) is 0 Å². The minimum absolute atomic E-state index is 0.112. The summed E-state index contributed by atoms with van der Waals surface area (Å²) in [5, 5.41) is 8.69. The van der Waals surface area contributed by atoms with Crippen LogP contribution in [0.15, 0.2) is 88.2 Å². The molecule has 1 atom stereocenters.